The summed E-state index contributed by atoms with van der Waals surface area (Å²) >= 11 is 0. The summed E-state index contributed by atoms with van der Waals surface area (Å²) in [4.78, 5) is 4.27. The highest BCUT2D eigenvalue weighted by atomic mass is 32.2. The highest BCUT2D eigenvalue weighted by molar-refractivity contribution is 7.89. The number of nitrogens with one attached hydrogen (secondary N) is 1. The topological polar surface area (TPSA) is 103 Å². The molecule has 0 aromatic carbocycles. The number of hydrogen-bond acceptors (Lipinski definition) is 5. The second kappa shape index (κ2) is 5.78. The van der Waals surface area contributed by atoms with Gasteiger partial charge in [-0.15, -0.1) is 0 Å². The number of furan rings is 1. The molecule has 0 radical (unpaired) electrons. The van der Waals surface area contributed by atoms with E-state index in [0.29, 0.717) is 17.9 Å². The molecule has 2 aromatic heterocycles. The van der Waals surface area contributed by atoms with Crippen LogP contribution in [0.4, 0.5) is 0 Å². The number of sulfonamides is 1. The first-order valence-corrected chi connectivity index (χ1v) is 7.67. The van der Waals surface area contributed by atoms with Crippen LogP contribution in [0, 0.1) is 6.92 Å². The van der Waals surface area contributed by atoms with Gasteiger partial charge < -0.3 is 14.7 Å². The molecule has 0 aliphatic carbocycles. The van der Waals surface area contributed by atoms with Crippen molar-refractivity contribution >= 4 is 10.0 Å². The van der Waals surface area contributed by atoms with Crippen LogP contribution in [0.2, 0.25) is 0 Å². The van der Waals surface area contributed by atoms with Gasteiger partial charge in [-0.25, -0.2) is 18.1 Å². The fourth-order valence-corrected chi connectivity index (χ4v) is 3.14. The number of rotatable bonds is 6. The Kier molecular flexibility index (Phi) is 4.26. The molecule has 2 heterocycles. The van der Waals surface area contributed by atoms with E-state index in [0.717, 1.165) is 5.82 Å². The number of aromatic nitrogens is 2. The van der Waals surface area contributed by atoms with E-state index in [2.05, 4.69) is 9.71 Å². The van der Waals surface area contributed by atoms with E-state index in [1.54, 1.807) is 13.1 Å². The Balaban J connectivity index is 2.04. The second-order valence-electron chi connectivity index (χ2n) is 4.44. The molecule has 0 aliphatic heterocycles. The van der Waals surface area contributed by atoms with Gasteiger partial charge >= 0.3 is 0 Å². The van der Waals surface area contributed by atoms with Crippen molar-refractivity contribution in [3.05, 3.63) is 35.8 Å². The zero-order valence-electron chi connectivity index (χ0n) is 11.5. The number of aryl methyl sites for hydroxylation is 2. The van der Waals surface area contributed by atoms with E-state index < -0.39 is 10.0 Å². The molecule has 7 nitrogen and oxygen atoms in total. The van der Waals surface area contributed by atoms with Crippen molar-refractivity contribution in [1.82, 2.24) is 14.3 Å². The van der Waals surface area contributed by atoms with Crippen LogP contribution in [0.1, 0.15) is 17.3 Å². The number of imidazole rings is 1. The van der Waals surface area contributed by atoms with Gasteiger partial charge in [-0.05, 0) is 6.92 Å². The summed E-state index contributed by atoms with van der Waals surface area (Å²) < 4.78 is 34.0. The van der Waals surface area contributed by atoms with E-state index in [-0.39, 0.29) is 18.0 Å². The first-order chi connectivity index (χ1) is 9.44. The molecule has 0 bridgehead atoms. The van der Waals surface area contributed by atoms with Crippen molar-refractivity contribution in [1.29, 1.82) is 0 Å². The molecule has 0 saturated carbocycles. The van der Waals surface area contributed by atoms with Crippen LogP contribution < -0.4 is 10.5 Å². The maximum absolute atomic E-state index is 12.2. The molecule has 20 heavy (non-hydrogen) atoms. The van der Waals surface area contributed by atoms with Gasteiger partial charge in [-0.2, -0.15) is 0 Å². The Morgan fingerprint density at radius 2 is 2.25 bits per heavy atom. The molecule has 3 N–H and O–H groups in total. The van der Waals surface area contributed by atoms with Gasteiger partial charge in [-0.1, -0.05) is 0 Å². The molecule has 0 unspecified atom stereocenters. The first kappa shape index (κ1) is 14.8. The van der Waals surface area contributed by atoms with Crippen LogP contribution in [0.3, 0.4) is 0 Å². The Morgan fingerprint density at radius 3 is 2.80 bits per heavy atom. The summed E-state index contributed by atoms with van der Waals surface area (Å²) in [6, 6.07) is 1.46. The summed E-state index contributed by atoms with van der Waals surface area (Å²) in [6.45, 7) is 2.05. The summed E-state index contributed by atoms with van der Waals surface area (Å²) in [7, 11) is -1.72. The van der Waals surface area contributed by atoms with Gasteiger partial charge in [0, 0.05) is 38.5 Å². The standard InChI is InChI=1S/C12H18N4O3S/c1-9-11(7-10(8-13)19-9)20(17,18)15-4-3-12-14-5-6-16(12)2/h5-7,15H,3-4,8,13H2,1-2H3. The van der Waals surface area contributed by atoms with E-state index in [1.807, 2.05) is 17.8 Å². The fourth-order valence-electron chi connectivity index (χ4n) is 1.90. The number of hydrogen-bond donors (Lipinski definition) is 2. The van der Waals surface area contributed by atoms with Crippen molar-refractivity contribution in [2.24, 2.45) is 12.8 Å². The molecule has 0 amide bonds. The highest BCUT2D eigenvalue weighted by Crippen LogP contribution is 2.19. The van der Waals surface area contributed by atoms with E-state index in [4.69, 9.17) is 10.2 Å². The van der Waals surface area contributed by atoms with Crippen molar-refractivity contribution in [3.63, 3.8) is 0 Å². The molecular weight excluding hydrogens is 280 g/mol. The van der Waals surface area contributed by atoms with Crippen molar-refractivity contribution in [3.8, 4) is 0 Å². The Labute approximate surface area is 117 Å². The quantitative estimate of drug-likeness (QED) is 0.798. The molecular formula is C12H18N4O3S. The second-order valence-corrected chi connectivity index (χ2v) is 6.17. The van der Waals surface area contributed by atoms with Crippen molar-refractivity contribution in [2.45, 2.75) is 24.8 Å². The molecule has 110 valence electrons. The van der Waals surface area contributed by atoms with Gasteiger partial charge in [-0.3, -0.25) is 0 Å². The van der Waals surface area contributed by atoms with E-state index in [9.17, 15) is 8.42 Å². The SMILES string of the molecule is Cc1oc(CN)cc1S(=O)(=O)NCCc1nccn1C. The van der Waals surface area contributed by atoms with Crippen LogP contribution >= 0.6 is 0 Å². The van der Waals surface area contributed by atoms with Crippen LogP contribution in [0.15, 0.2) is 27.8 Å². The summed E-state index contributed by atoms with van der Waals surface area (Å²) in [5.41, 5.74) is 5.44. The number of nitrogens with two attached hydrogens (primary N) is 1. The molecule has 0 fully saturated rings. The Hall–Kier alpha value is -1.64. The van der Waals surface area contributed by atoms with Gasteiger partial charge in [0.2, 0.25) is 10.0 Å². The third-order valence-corrected chi connectivity index (χ3v) is 4.54. The lowest BCUT2D eigenvalue weighted by molar-refractivity contribution is 0.478. The van der Waals surface area contributed by atoms with Crippen LogP contribution in [0.5, 0.6) is 0 Å². The minimum atomic E-state index is -3.58. The molecule has 0 atom stereocenters. The zero-order chi connectivity index (χ0) is 14.8. The first-order valence-electron chi connectivity index (χ1n) is 6.19. The molecule has 2 rings (SSSR count). The third kappa shape index (κ3) is 3.09. The highest BCUT2D eigenvalue weighted by Gasteiger charge is 2.20. The van der Waals surface area contributed by atoms with Gasteiger partial charge in [0.25, 0.3) is 0 Å². The lowest BCUT2D eigenvalue weighted by Crippen LogP contribution is -2.26. The average molecular weight is 298 g/mol. The van der Waals surface area contributed by atoms with Crippen LogP contribution in [0.25, 0.3) is 0 Å². The third-order valence-electron chi connectivity index (χ3n) is 2.98. The normalized spacial score (nSPS) is 11.9. The maximum Gasteiger partial charge on any atom is 0.244 e. The lowest BCUT2D eigenvalue weighted by Gasteiger charge is -2.05. The van der Waals surface area contributed by atoms with Gasteiger partial charge in [0.15, 0.2) is 0 Å². The monoisotopic (exact) mass is 298 g/mol. The molecule has 0 aliphatic rings. The fraction of sp³-hybridized carbons (Fsp3) is 0.417. The number of nitrogens with zero attached hydrogens (tertiary/aromatic N) is 2. The zero-order valence-corrected chi connectivity index (χ0v) is 12.3. The molecule has 0 spiro atoms. The van der Waals surface area contributed by atoms with E-state index >= 15 is 0 Å². The maximum atomic E-state index is 12.2. The molecule has 0 saturated heterocycles. The van der Waals surface area contributed by atoms with Crippen molar-refractivity contribution in [2.75, 3.05) is 6.54 Å². The minimum Gasteiger partial charge on any atom is -0.464 e. The predicted molar refractivity (Wildman–Crippen MR) is 73.4 cm³/mol. The largest absolute Gasteiger partial charge is 0.464 e. The molecule has 8 heteroatoms. The Morgan fingerprint density at radius 1 is 1.50 bits per heavy atom. The summed E-state index contributed by atoms with van der Waals surface area (Å²) in [5, 5.41) is 0. The van der Waals surface area contributed by atoms with Crippen LogP contribution in [-0.4, -0.2) is 24.5 Å². The summed E-state index contributed by atoms with van der Waals surface area (Å²) in [6.07, 6.45) is 4.01. The molecule has 2 aromatic rings. The van der Waals surface area contributed by atoms with Crippen LogP contribution in [-0.2, 0) is 30.0 Å². The lowest BCUT2D eigenvalue weighted by atomic mass is 10.4. The minimum absolute atomic E-state index is 0.137. The van der Waals surface area contributed by atoms with E-state index in [1.165, 1.54) is 6.07 Å². The average Bonchev–Trinajstić information content (AvgIpc) is 2.96. The van der Waals surface area contributed by atoms with Gasteiger partial charge in [0.1, 0.15) is 22.2 Å². The summed E-state index contributed by atoms with van der Waals surface area (Å²) in [5.74, 6) is 1.61. The van der Waals surface area contributed by atoms with Crippen molar-refractivity contribution < 1.29 is 12.8 Å². The smallest absolute Gasteiger partial charge is 0.244 e. The predicted octanol–water partition coefficient (Wildman–Crippen LogP) is 0.301. The van der Waals surface area contributed by atoms with Gasteiger partial charge in [0.05, 0.1) is 6.54 Å². The Bertz CT molecular complexity index is 687.